The van der Waals surface area contributed by atoms with Gasteiger partial charge in [-0.2, -0.15) is 0 Å². The Kier molecular flexibility index (Phi) is 5.58. The molecule has 0 aliphatic heterocycles. The van der Waals surface area contributed by atoms with Crippen LogP contribution in [-0.2, 0) is 14.8 Å². The molecule has 0 unspecified atom stereocenters. The van der Waals surface area contributed by atoms with Crippen molar-refractivity contribution in [2.45, 2.75) is 32.2 Å². The standard InChI is InChI=1S/C16H24N2O3S/c1-13(15-6-4-3-5-7-15)18(12-14-8-9-14)16(19)10-11-17-22(2,20)21/h3-7,13-14,17H,8-12H2,1-2H3/t13-/m1/s1. The maximum atomic E-state index is 12.5. The molecule has 6 heteroatoms. The molecule has 1 aromatic rings. The van der Waals surface area contributed by atoms with Crippen molar-refractivity contribution in [1.82, 2.24) is 9.62 Å². The molecule has 1 aliphatic carbocycles. The van der Waals surface area contributed by atoms with E-state index in [1.165, 1.54) is 12.8 Å². The van der Waals surface area contributed by atoms with Gasteiger partial charge in [0.1, 0.15) is 0 Å². The van der Waals surface area contributed by atoms with Gasteiger partial charge in [0, 0.05) is 19.5 Å². The van der Waals surface area contributed by atoms with Gasteiger partial charge in [0.05, 0.1) is 12.3 Å². The minimum atomic E-state index is -3.25. The molecule has 22 heavy (non-hydrogen) atoms. The molecule has 1 aromatic carbocycles. The summed E-state index contributed by atoms with van der Waals surface area (Å²) in [6.45, 7) is 2.94. The van der Waals surface area contributed by atoms with Gasteiger partial charge in [-0.05, 0) is 31.2 Å². The molecule has 1 N–H and O–H groups in total. The summed E-state index contributed by atoms with van der Waals surface area (Å²) in [5.41, 5.74) is 1.10. The molecule has 0 spiro atoms. The lowest BCUT2D eigenvalue weighted by molar-refractivity contribution is -0.133. The topological polar surface area (TPSA) is 66.5 Å². The number of hydrogen-bond acceptors (Lipinski definition) is 3. The van der Waals surface area contributed by atoms with Gasteiger partial charge in [-0.3, -0.25) is 4.79 Å². The summed E-state index contributed by atoms with van der Waals surface area (Å²) in [4.78, 5) is 14.4. The number of sulfonamides is 1. The Morgan fingerprint density at radius 1 is 1.32 bits per heavy atom. The van der Waals surface area contributed by atoms with E-state index in [1.807, 2.05) is 42.2 Å². The molecule has 122 valence electrons. The van der Waals surface area contributed by atoms with Crippen LogP contribution in [0.2, 0.25) is 0 Å². The monoisotopic (exact) mass is 324 g/mol. The molecule has 0 saturated heterocycles. The molecule has 0 heterocycles. The first kappa shape index (κ1) is 17.0. The van der Waals surface area contributed by atoms with Gasteiger partial charge >= 0.3 is 0 Å². The van der Waals surface area contributed by atoms with E-state index in [2.05, 4.69) is 4.72 Å². The number of nitrogens with one attached hydrogen (secondary N) is 1. The Morgan fingerprint density at radius 3 is 2.50 bits per heavy atom. The summed E-state index contributed by atoms with van der Waals surface area (Å²) >= 11 is 0. The van der Waals surface area contributed by atoms with Crippen molar-refractivity contribution in [3.05, 3.63) is 35.9 Å². The second-order valence-corrected chi connectivity index (χ2v) is 7.83. The van der Waals surface area contributed by atoms with E-state index in [1.54, 1.807) is 0 Å². The molecule has 0 radical (unpaired) electrons. The number of amides is 1. The lowest BCUT2D eigenvalue weighted by Crippen LogP contribution is -2.37. The van der Waals surface area contributed by atoms with E-state index in [0.717, 1.165) is 18.4 Å². The summed E-state index contributed by atoms with van der Waals surface area (Å²) in [5.74, 6) is 0.595. The predicted octanol–water partition coefficient (Wildman–Crippen LogP) is 1.93. The van der Waals surface area contributed by atoms with Crippen molar-refractivity contribution in [3.63, 3.8) is 0 Å². The third-order valence-electron chi connectivity index (χ3n) is 3.92. The van der Waals surface area contributed by atoms with Gasteiger partial charge in [0.25, 0.3) is 0 Å². The Labute approximate surface area is 132 Å². The summed E-state index contributed by atoms with van der Waals surface area (Å²) in [5, 5.41) is 0. The van der Waals surface area contributed by atoms with Crippen molar-refractivity contribution >= 4 is 15.9 Å². The third-order valence-corrected chi connectivity index (χ3v) is 4.65. The van der Waals surface area contributed by atoms with Gasteiger partial charge in [-0.25, -0.2) is 13.1 Å². The van der Waals surface area contributed by atoms with Crippen molar-refractivity contribution in [3.8, 4) is 0 Å². The highest BCUT2D eigenvalue weighted by Crippen LogP contribution is 2.33. The van der Waals surface area contributed by atoms with E-state index in [9.17, 15) is 13.2 Å². The number of carbonyl (C=O) groups is 1. The van der Waals surface area contributed by atoms with E-state index < -0.39 is 10.0 Å². The Morgan fingerprint density at radius 2 is 1.95 bits per heavy atom. The van der Waals surface area contributed by atoms with E-state index in [0.29, 0.717) is 5.92 Å². The van der Waals surface area contributed by atoms with Crippen LogP contribution < -0.4 is 4.72 Å². The molecular formula is C16H24N2O3S. The first-order valence-corrected chi connectivity index (χ1v) is 9.55. The minimum absolute atomic E-state index is 0.000553. The molecule has 1 fully saturated rings. The van der Waals surface area contributed by atoms with Gasteiger partial charge in [0.15, 0.2) is 0 Å². The highest BCUT2D eigenvalue weighted by atomic mass is 32.2. The third kappa shape index (κ3) is 5.42. The minimum Gasteiger partial charge on any atom is -0.336 e. The lowest BCUT2D eigenvalue weighted by atomic mass is 10.1. The van der Waals surface area contributed by atoms with Crippen molar-refractivity contribution < 1.29 is 13.2 Å². The molecular weight excluding hydrogens is 300 g/mol. The number of carbonyl (C=O) groups excluding carboxylic acids is 1. The van der Waals surface area contributed by atoms with Crippen LogP contribution in [0.1, 0.15) is 37.8 Å². The van der Waals surface area contributed by atoms with Crippen LogP contribution >= 0.6 is 0 Å². The quantitative estimate of drug-likeness (QED) is 0.794. The molecule has 0 bridgehead atoms. The van der Waals surface area contributed by atoms with Crippen LogP contribution in [0.5, 0.6) is 0 Å². The van der Waals surface area contributed by atoms with Gasteiger partial charge in [0.2, 0.25) is 15.9 Å². The second kappa shape index (κ2) is 7.24. The number of nitrogens with zero attached hydrogens (tertiary/aromatic N) is 1. The molecule has 5 nitrogen and oxygen atoms in total. The zero-order valence-corrected chi connectivity index (χ0v) is 14.0. The molecule has 2 rings (SSSR count). The Hall–Kier alpha value is -1.40. The molecule has 0 aromatic heterocycles. The van der Waals surface area contributed by atoms with Crippen LogP contribution in [0, 0.1) is 5.92 Å². The molecule has 1 aliphatic rings. The van der Waals surface area contributed by atoms with Crippen molar-refractivity contribution in [1.29, 1.82) is 0 Å². The molecule has 1 amide bonds. The van der Waals surface area contributed by atoms with Crippen LogP contribution in [0.4, 0.5) is 0 Å². The smallest absolute Gasteiger partial charge is 0.224 e. The summed E-state index contributed by atoms with van der Waals surface area (Å²) in [6.07, 6.45) is 3.64. The van der Waals surface area contributed by atoms with Crippen LogP contribution in [-0.4, -0.2) is 38.6 Å². The number of benzene rings is 1. The highest BCUT2D eigenvalue weighted by molar-refractivity contribution is 7.88. The molecule has 1 saturated carbocycles. The average Bonchev–Trinajstić information content (AvgIpc) is 3.27. The Balaban J connectivity index is 2.00. The SMILES string of the molecule is C[C@H](c1ccccc1)N(CC1CC1)C(=O)CCNS(C)(=O)=O. The van der Waals surface area contributed by atoms with Crippen molar-refractivity contribution in [2.24, 2.45) is 5.92 Å². The summed E-state index contributed by atoms with van der Waals surface area (Å²) in [6, 6.07) is 9.94. The molecule has 1 atom stereocenters. The van der Waals surface area contributed by atoms with Gasteiger partial charge in [-0.15, -0.1) is 0 Å². The van der Waals surface area contributed by atoms with Crippen LogP contribution in [0.3, 0.4) is 0 Å². The largest absolute Gasteiger partial charge is 0.336 e. The fraction of sp³-hybridized carbons (Fsp3) is 0.562. The second-order valence-electron chi connectivity index (χ2n) is 5.99. The van der Waals surface area contributed by atoms with Gasteiger partial charge < -0.3 is 4.90 Å². The van der Waals surface area contributed by atoms with Crippen LogP contribution in [0.25, 0.3) is 0 Å². The highest BCUT2D eigenvalue weighted by Gasteiger charge is 2.29. The fourth-order valence-corrected chi connectivity index (χ4v) is 2.93. The number of rotatable bonds is 8. The maximum absolute atomic E-state index is 12.5. The van der Waals surface area contributed by atoms with E-state index in [-0.39, 0.29) is 24.9 Å². The number of hydrogen-bond donors (Lipinski definition) is 1. The first-order valence-electron chi connectivity index (χ1n) is 7.66. The average molecular weight is 324 g/mol. The maximum Gasteiger partial charge on any atom is 0.224 e. The van der Waals surface area contributed by atoms with Crippen molar-refractivity contribution in [2.75, 3.05) is 19.3 Å². The predicted molar refractivity (Wildman–Crippen MR) is 86.8 cm³/mol. The lowest BCUT2D eigenvalue weighted by Gasteiger charge is -2.30. The summed E-state index contributed by atoms with van der Waals surface area (Å²) in [7, 11) is -3.25. The van der Waals surface area contributed by atoms with E-state index >= 15 is 0 Å². The Bertz CT molecular complexity index is 597. The van der Waals surface area contributed by atoms with E-state index in [4.69, 9.17) is 0 Å². The van der Waals surface area contributed by atoms with Crippen LogP contribution in [0.15, 0.2) is 30.3 Å². The first-order chi connectivity index (χ1) is 10.4. The zero-order chi connectivity index (χ0) is 16.2. The fourth-order valence-electron chi connectivity index (χ4n) is 2.45. The van der Waals surface area contributed by atoms with Gasteiger partial charge in [-0.1, -0.05) is 30.3 Å². The zero-order valence-electron chi connectivity index (χ0n) is 13.2. The normalized spacial score (nSPS) is 16.3. The summed E-state index contributed by atoms with van der Waals surface area (Å²) < 4.78 is 24.6.